The summed E-state index contributed by atoms with van der Waals surface area (Å²) >= 11 is 0. The Labute approximate surface area is 117 Å². The highest BCUT2D eigenvalue weighted by molar-refractivity contribution is 6.12. The number of hydrogen-bond acceptors (Lipinski definition) is 4. The smallest absolute Gasteiger partial charge is 0.433 e. The van der Waals surface area contributed by atoms with Crippen LogP contribution in [0.15, 0.2) is 65.8 Å². The van der Waals surface area contributed by atoms with Crippen molar-refractivity contribution in [2.24, 2.45) is 5.16 Å². The maximum atomic E-state index is 11.3. The van der Waals surface area contributed by atoms with Crippen LogP contribution in [0.1, 0.15) is 18.1 Å². The Morgan fingerprint density at radius 1 is 0.950 bits per heavy atom. The van der Waals surface area contributed by atoms with Gasteiger partial charge in [-0.15, -0.1) is 0 Å². The highest BCUT2D eigenvalue weighted by Gasteiger charge is 2.09. The van der Waals surface area contributed by atoms with Crippen LogP contribution in [0, 0.1) is 0 Å². The summed E-state index contributed by atoms with van der Waals surface area (Å²) in [7, 11) is 0. The van der Waals surface area contributed by atoms with Crippen LogP contribution in [0.4, 0.5) is 4.79 Å². The van der Waals surface area contributed by atoms with Gasteiger partial charge in [0.05, 0.1) is 6.61 Å². The Kier molecular flexibility index (Phi) is 4.89. The first-order valence-corrected chi connectivity index (χ1v) is 6.34. The topological polar surface area (TPSA) is 47.9 Å². The lowest BCUT2D eigenvalue weighted by molar-refractivity contribution is 0.0614. The van der Waals surface area contributed by atoms with Crippen molar-refractivity contribution in [1.29, 1.82) is 0 Å². The molecule has 0 saturated heterocycles. The van der Waals surface area contributed by atoms with Crippen LogP contribution in [0.2, 0.25) is 0 Å². The van der Waals surface area contributed by atoms with E-state index in [1.165, 1.54) is 0 Å². The van der Waals surface area contributed by atoms with Crippen LogP contribution in [0.5, 0.6) is 0 Å². The molecule has 0 saturated carbocycles. The summed E-state index contributed by atoms with van der Waals surface area (Å²) in [6.07, 6.45) is -0.808. The van der Waals surface area contributed by atoms with Crippen molar-refractivity contribution in [3.63, 3.8) is 0 Å². The Morgan fingerprint density at radius 3 is 1.90 bits per heavy atom. The van der Waals surface area contributed by atoms with Gasteiger partial charge in [0.1, 0.15) is 5.71 Å². The zero-order chi connectivity index (χ0) is 14.2. The van der Waals surface area contributed by atoms with Gasteiger partial charge in [0.15, 0.2) is 0 Å². The number of oxime groups is 1. The van der Waals surface area contributed by atoms with Crippen molar-refractivity contribution in [3.05, 3.63) is 71.8 Å². The van der Waals surface area contributed by atoms with E-state index in [2.05, 4.69) is 5.16 Å². The minimum atomic E-state index is -0.808. The van der Waals surface area contributed by atoms with E-state index >= 15 is 0 Å². The number of hydrogen-bond donors (Lipinski definition) is 0. The van der Waals surface area contributed by atoms with Gasteiger partial charge in [-0.3, -0.25) is 4.84 Å². The number of ether oxygens (including phenoxy) is 1. The van der Waals surface area contributed by atoms with Crippen LogP contribution >= 0.6 is 0 Å². The van der Waals surface area contributed by atoms with Gasteiger partial charge in [-0.05, 0) is 6.92 Å². The third-order valence-electron chi connectivity index (χ3n) is 2.57. The van der Waals surface area contributed by atoms with E-state index in [1.807, 2.05) is 60.7 Å². The fourth-order valence-corrected chi connectivity index (χ4v) is 1.69. The fourth-order valence-electron chi connectivity index (χ4n) is 1.69. The zero-order valence-electron chi connectivity index (χ0n) is 11.2. The molecule has 0 aliphatic carbocycles. The molecule has 0 aliphatic rings. The van der Waals surface area contributed by atoms with Gasteiger partial charge >= 0.3 is 6.16 Å². The minimum Gasteiger partial charge on any atom is -0.433 e. The highest BCUT2D eigenvalue weighted by atomic mass is 16.8. The fraction of sp³-hybridized carbons (Fsp3) is 0.125. The molecule has 0 bridgehead atoms. The first-order valence-electron chi connectivity index (χ1n) is 6.34. The lowest BCUT2D eigenvalue weighted by atomic mass is 10.0. The molecule has 4 nitrogen and oxygen atoms in total. The third-order valence-corrected chi connectivity index (χ3v) is 2.57. The molecule has 0 fully saturated rings. The van der Waals surface area contributed by atoms with Gasteiger partial charge in [0, 0.05) is 11.1 Å². The standard InChI is InChI=1S/C16H15NO3/c1-2-19-16(18)20-17-15(13-9-5-3-6-10-13)14-11-7-4-8-12-14/h3-12H,2H2,1H3. The summed E-state index contributed by atoms with van der Waals surface area (Å²) in [4.78, 5) is 16.0. The van der Waals surface area contributed by atoms with Gasteiger partial charge in [0.25, 0.3) is 0 Å². The van der Waals surface area contributed by atoms with E-state index in [0.717, 1.165) is 11.1 Å². The molecule has 0 unspecified atom stereocenters. The molecule has 0 radical (unpaired) electrons. The predicted molar refractivity (Wildman–Crippen MR) is 76.6 cm³/mol. The van der Waals surface area contributed by atoms with Crippen molar-refractivity contribution < 1.29 is 14.4 Å². The van der Waals surface area contributed by atoms with Crippen LogP contribution in [0.25, 0.3) is 0 Å². The molecule has 0 spiro atoms. The number of nitrogens with zero attached hydrogens (tertiary/aromatic N) is 1. The number of benzene rings is 2. The first kappa shape index (κ1) is 13.8. The van der Waals surface area contributed by atoms with Gasteiger partial charge in [0.2, 0.25) is 0 Å². The Morgan fingerprint density at radius 2 is 1.45 bits per heavy atom. The second-order valence-corrected chi connectivity index (χ2v) is 3.95. The molecule has 4 heteroatoms. The van der Waals surface area contributed by atoms with E-state index in [4.69, 9.17) is 9.57 Å². The second kappa shape index (κ2) is 7.09. The van der Waals surface area contributed by atoms with Crippen LogP contribution < -0.4 is 0 Å². The van der Waals surface area contributed by atoms with E-state index in [1.54, 1.807) is 6.92 Å². The Bertz CT molecular complexity index is 538. The summed E-state index contributed by atoms with van der Waals surface area (Å²) in [6.45, 7) is 1.96. The normalized spacial score (nSPS) is 9.65. The van der Waals surface area contributed by atoms with Gasteiger partial charge in [-0.2, -0.15) is 0 Å². The molecule has 2 rings (SSSR count). The maximum absolute atomic E-state index is 11.3. The maximum Gasteiger partial charge on any atom is 0.535 e. The molecule has 0 aliphatic heterocycles. The summed E-state index contributed by atoms with van der Waals surface area (Å²) in [5.41, 5.74) is 2.31. The lowest BCUT2D eigenvalue weighted by Gasteiger charge is -2.06. The van der Waals surface area contributed by atoms with Crippen molar-refractivity contribution in [3.8, 4) is 0 Å². The van der Waals surface area contributed by atoms with Crippen LogP contribution in [-0.4, -0.2) is 18.5 Å². The van der Waals surface area contributed by atoms with Crippen molar-refractivity contribution in [1.82, 2.24) is 0 Å². The Balaban J connectivity index is 2.30. The van der Waals surface area contributed by atoms with Gasteiger partial charge in [-0.1, -0.05) is 65.8 Å². The van der Waals surface area contributed by atoms with Crippen molar-refractivity contribution in [2.45, 2.75) is 6.92 Å². The Hall–Kier alpha value is -2.62. The average Bonchev–Trinajstić information content (AvgIpc) is 2.50. The molecule has 2 aromatic carbocycles. The lowest BCUT2D eigenvalue weighted by Crippen LogP contribution is -2.08. The van der Waals surface area contributed by atoms with Crippen molar-refractivity contribution >= 4 is 11.9 Å². The number of carbonyl (C=O) groups excluding carboxylic acids is 1. The van der Waals surface area contributed by atoms with Crippen molar-refractivity contribution in [2.75, 3.05) is 6.61 Å². The minimum absolute atomic E-state index is 0.250. The summed E-state index contributed by atoms with van der Waals surface area (Å²) in [5.74, 6) is 0. The molecule has 0 N–H and O–H groups in total. The summed E-state index contributed by atoms with van der Waals surface area (Å²) in [5, 5.41) is 3.92. The first-order chi connectivity index (χ1) is 9.81. The molecule has 0 amide bonds. The van der Waals surface area contributed by atoms with E-state index in [-0.39, 0.29) is 6.61 Å². The molecule has 20 heavy (non-hydrogen) atoms. The molecular weight excluding hydrogens is 254 g/mol. The summed E-state index contributed by atoms with van der Waals surface area (Å²) in [6, 6.07) is 19.0. The highest BCUT2D eigenvalue weighted by Crippen LogP contribution is 2.11. The third kappa shape index (κ3) is 3.68. The van der Waals surface area contributed by atoms with Crippen LogP contribution in [0.3, 0.4) is 0 Å². The molecule has 0 atom stereocenters. The predicted octanol–water partition coefficient (Wildman–Crippen LogP) is 3.61. The molecule has 102 valence electrons. The van der Waals surface area contributed by atoms with E-state index in [9.17, 15) is 4.79 Å². The SMILES string of the molecule is CCOC(=O)ON=C(c1ccccc1)c1ccccc1. The average molecular weight is 269 g/mol. The largest absolute Gasteiger partial charge is 0.535 e. The monoisotopic (exact) mass is 269 g/mol. The number of carbonyl (C=O) groups is 1. The van der Waals surface area contributed by atoms with Crippen LogP contribution in [-0.2, 0) is 9.57 Å². The van der Waals surface area contributed by atoms with Gasteiger partial charge < -0.3 is 4.74 Å². The molecule has 0 aromatic heterocycles. The molecular formula is C16H15NO3. The van der Waals surface area contributed by atoms with Gasteiger partial charge in [-0.25, -0.2) is 4.79 Å². The second-order valence-electron chi connectivity index (χ2n) is 3.95. The van der Waals surface area contributed by atoms with E-state index in [0.29, 0.717) is 5.71 Å². The quantitative estimate of drug-likeness (QED) is 0.368. The van der Waals surface area contributed by atoms with E-state index < -0.39 is 6.16 Å². The zero-order valence-corrected chi connectivity index (χ0v) is 11.2. The molecule has 2 aromatic rings. The summed E-state index contributed by atoms with van der Waals surface area (Å²) < 4.78 is 4.70. The molecule has 0 heterocycles. The number of rotatable bonds is 4.